The highest BCUT2D eigenvalue weighted by molar-refractivity contribution is 9.10. The predicted octanol–water partition coefficient (Wildman–Crippen LogP) is 6.44. The van der Waals surface area contributed by atoms with E-state index in [0.717, 1.165) is 50.5 Å². The van der Waals surface area contributed by atoms with Crippen LogP contribution in [-0.4, -0.2) is 9.97 Å². The monoisotopic (exact) mass is 432 g/mol. The van der Waals surface area contributed by atoms with Crippen molar-refractivity contribution in [1.82, 2.24) is 9.97 Å². The third kappa shape index (κ3) is 3.89. The fraction of sp³-hybridized carbons (Fsp3) is 0.333. The maximum atomic E-state index is 14.5. The van der Waals surface area contributed by atoms with Crippen LogP contribution in [-0.2, 0) is 19.3 Å². The molecule has 0 unspecified atom stereocenters. The lowest BCUT2D eigenvalue weighted by Crippen LogP contribution is -2.06. The van der Waals surface area contributed by atoms with E-state index in [1.54, 1.807) is 17.4 Å². The average Bonchev–Trinajstić information content (AvgIpc) is 2.95. The zero-order chi connectivity index (χ0) is 18.8. The van der Waals surface area contributed by atoms with Gasteiger partial charge in [-0.3, -0.25) is 0 Å². The zero-order valence-corrected chi connectivity index (χ0v) is 17.9. The first-order valence-corrected chi connectivity index (χ1v) is 10.4. The van der Waals surface area contributed by atoms with Crippen molar-refractivity contribution in [3.63, 3.8) is 0 Å². The maximum absolute atomic E-state index is 14.5. The molecule has 3 aromatic rings. The summed E-state index contributed by atoms with van der Waals surface area (Å²) >= 11 is 5.23. The van der Waals surface area contributed by atoms with Gasteiger partial charge < -0.3 is 0 Å². The van der Waals surface area contributed by atoms with Crippen LogP contribution in [0.3, 0.4) is 0 Å². The summed E-state index contributed by atoms with van der Waals surface area (Å²) in [6.07, 6.45) is 2.16. The Balaban J connectivity index is 2.05. The van der Waals surface area contributed by atoms with Crippen molar-refractivity contribution in [2.75, 3.05) is 0 Å². The lowest BCUT2D eigenvalue weighted by Gasteiger charge is -2.13. The van der Waals surface area contributed by atoms with E-state index in [1.807, 2.05) is 26.0 Å². The Bertz CT molecular complexity index is 930. The normalized spacial score (nSPS) is 11.2. The number of halogens is 2. The van der Waals surface area contributed by atoms with Crippen molar-refractivity contribution in [3.8, 4) is 10.7 Å². The van der Waals surface area contributed by atoms with E-state index < -0.39 is 0 Å². The highest BCUT2D eigenvalue weighted by Gasteiger charge is 2.16. The zero-order valence-electron chi connectivity index (χ0n) is 15.5. The lowest BCUT2D eigenvalue weighted by molar-refractivity contribution is 0.610. The molecule has 0 saturated carbocycles. The largest absolute Gasteiger partial charge is 0.232 e. The number of rotatable bonds is 5. The van der Waals surface area contributed by atoms with Crippen molar-refractivity contribution in [2.24, 2.45) is 0 Å². The number of aromatic nitrogens is 2. The van der Waals surface area contributed by atoms with Crippen LogP contribution >= 0.6 is 27.3 Å². The smallest absolute Gasteiger partial charge is 0.169 e. The molecule has 3 rings (SSSR count). The molecule has 0 fully saturated rings. The third-order valence-electron chi connectivity index (χ3n) is 4.61. The van der Waals surface area contributed by atoms with Gasteiger partial charge in [0.15, 0.2) is 5.82 Å². The molecule has 0 radical (unpaired) electrons. The van der Waals surface area contributed by atoms with Gasteiger partial charge in [-0.1, -0.05) is 26.0 Å². The number of nitrogens with zero attached hydrogens (tertiary/aromatic N) is 2. The van der Waals surface area contributed by atoms with Gasteiger partial charge in [0, 0.05) is 21.5 Å². The third-order valence-corrected chi connectivity index (χ3v) is 6.75. The van der Waals surface area contributed by atoms with Crippen molar-refractivity contribution >= 4 is 27.3 Å². The van der Waals surface area contributed by atoms with Gasteiger partial charge in [-0.15, -0.1) is 11.3 Å². The minimum absolute atomic E-state index is 0.154. The van der Waals surface area contributed by atoms with Crippen LogP contribution in [0.2, 0.25) is 0 Å². The van der Waals surface area contributed by atoms with Crippen molar-refractivity contribution in [1.29, 1.82) is 0 Å². The van der Waals surface area contributed by atoms with Gasteiger partial charge in [0.05, 0.1) is 10.6 Å². The number of benzene rings is 1. The SMILES string of the molecule is CCc1ccc(Cc2nc(-c3cc(Br)c(C)s3)nc(C)c2CC)c(F)c1. The summed E-state index contributed by atoms with van der Waals surface area (Å²) in [4.78, 5) is 11.8. The number of thiophene rings is 1. The van der Waals surface area contributed by atoms with Crippen LogP contribution in [0.15, 0.2) is 28.7 Å². The van der Waals surface area contributed by atoms with E-state index in [1.165, 1.54) is 4.88 Å². The molecule has 0 aliphatic carbocycles. The molecule has 5 heteroatoms. The van der Waals surface area contributed by atoms with Crippen LogP contribution in [0, 0.1) is 19.7 Å². The molecule has 2 heterocycles. The van der Waals surface area contributed by atoms with Gasteiger partial charge in [-0.2, -0.15) is 0 Å². The second-order valence-corrected chi connectivity index (χ2v) is 8.49. The van der Waals surface area contributed by atoms with Crippen LogP contribution in [0.4, 0.5) is 4.39 Å². The molecule has 0 saturated heterocycles. The van der Waals surface area contributed by atoms with Crippen LogP contribution in [0.1, 0.15) is 46.8 Å². The van der Waals surface area contributed by atoms with Gasteiger partial charge in [0.25, 0.3) is 0 Å². The number of hydrogen-bond donors (Lipinski definition) is 0. The highest BCUT2D eigenvalue weighted by atomic mass is 79.9. The van der Waals surface area contributed by atoms with Crippen molar-refractivity contribution < 1.29 is 4.39 Å². The quantitative estimate of drug-likeness (QED) is 0.463. The molecule has 2 nitrogen and oxygen atoms in total. The molecule has 0 aliphatic rings. The summed E-state index contributed by atoms with van der Waals surface area (Å²) in [5, 5.41) is 0. The Morgan fingerprint density at radius 1 is 1.08 bits per heavy atom. The highest BCUT2D eigenvalue weighted by Crippen LogP contribution is 2.33. The number of hydrogen-bond acceptors (Lipinski definition) is 3. The first-order valence-electron chi connectivity index (χ1n) is 8.82. The Hall–Kier alpha value is -1.59. The van der Waals surface area contributed by atoms with Gasteiger partial charge >= 0.3 is 0 Å². The Kier molecular flexibility index (Phi) is 5.88. The topological polar surface area (TPSA) is 25.8 Å². The second kappa shape index (κ2) is 7.97. The summed E-state index contributed by atoms with van der Waals surface area (Å²) < 4.78 is 15.6. The summed E-state index contributed by atoms with van der Waals surface area (Å²) in [7, 11) is 0. The Labute approximate surface area is 166 Å². The molecule has 0 aliphatic heterocycles. The molecule has 26 heavy (non-hydrogen) atoms. The van der Waals surface area contributed by atoms with E-state index in [0.29, 0.717) is 12.0 Å². The van der Waals surface area contributed by atoms with Crippen LogP contribution < -0.4 is 0 Å². The summed E-state index contributed by atoms with van der Waals surface area (Å²) in [5.74, 6) is 0.568. The predicted molar refractivity (Wildman–Crippen MR) is 110 cm³/mol. The van der Waals surface area contributed by atoms with Crippen LogP contribution in [0.25, 0.3) is 10.7 Å². The Morgan fingerprint density at radius 2 is 1.85 bits per heavy atom. The van der Waals surface area contributed by atoms with Gasteiger partial charge in [-0.25, -0.2) is 14.4 Å². The first kappa shape index (κ1) is 19.2. The van der Waals surface area contributed by atoms with Gasteiger partial charge in [-0.05, 0) is 71.4 Å². The minimum atomic E-state index is -0.154. The standard InChI is InChI=1S/C21H22BrFN2S/c1-5-14-7-8-15(18(23)9-14)10-19-16(6-2)12(3)24-21(25-19)20-11-17(22)13(4)26-20/h7-9,11H,5-6,10H2,1-4H3. The van der Waals surface area contributed by atoms with Gasteiger partial charge in [0.2, 0.25) is 0 Å². The van der Waals surface area contributed by atoms with E-state index in [4.69, 9.17) is 9.97 Å². The fourth-order valence-electron chi connectivity index (χ4n) is 3.08. The molecule has 0 N–H and O–H groups in total. The molecular weight excluding hydrogens is 411 g/mol. The van der Waals surface area contributed by atoms with Crippen molar-refractivity contribution in [3.05, 3.63) is 67.5 Å². The molecule has 0 spiro atoms. The molecule has 1 aromatic carbocycles. The first-order chi connectivity index (χ1) is 12.4. The number of aryl methyl sites for hydroxylation is 3. The summed E-state index contributed by atoms with van der Waals surface area (Å²) in [6.45, 7) is 8.21. The molecule has 0 bridgehead atoms. The van der Waals surface area contributed by atoms with Crippen molar-refractivity contribution in [2.45, 2.75) is 47.0 Å². The van der Waals surface area contributed by atoms with E-state index in [-0.39, 0.29) is 5.82 Å². The molecule has 0 atom stereocenters. The van der Waals surface area contributed by atoms with E-state index in [9.17, 15) is 4.39 Å². The maximum Gasteiger partial charge on any atom is 0.169 e. The average molecular weight is 433 g/mol. The molecular formula is C21H22BrFN2S. The molecule has 2 aromatic heterocycles. The van der Waals surface area contributed by atoms with Crippen LogP contribution in [0.5, 0.6) is 0 Å². The Morgan fingerprint density at radius 3 is 2.42 bits per heavy atom. The minimum Gasteiger partial charge on any atom is -0.232 e. The van der Waals surface area contributed by atoms with E-state index >= 15 is 0 Å². The fourth-order valence-corrected chi connectivity index (χ4v) is 4.55. The summed E-state index contributed by atoms with van der Waals surface area (Å²) in [5.41, 5.74) is 4.70. The summed E-state index contributed by atoms with van der Waals surface area (Å²) in [6, 6.07) is 7.58. The molecule has 136 valence electrons. The van der Waals surface area contributed by atoms with E-state index in [2.05, 4.69) is 35.8 Å². The van der Waals surface area contributed by atoms with Gasteiger partial charge in [0.1, 0.15) is 5.82 Å². The second-order valence-electron chi connectivity index (χ2n) is 6.38. The lowest BCUT2D eigenvalue weighted by atomic mass is 10.0. The molecule has 0 amide bonds.